The molecule has 0 aliphatic carbocycles. The highest BCUT2D eigenvalue weighted by Crippen LogP contribution is 2.26. The van der Waals surface area contributed by atoms with Crippen LogP contribution in [0.25, 0.3) is 0 Å². The first-order chi connectivity index (χ1) is 13.0. The zero-order valence-corrected chi connectivity index (χ0v) is 18.6. The molecule has 8 heteroatoms. The van der Waals surface area contributed by atoms with E-state index in [0.29, 0.717) is 24.3 Å². The van der Waals surface area contributed by atoms with Gasteiger partial charge in [-0.2, -0.15) is 0 Å². The predicted molar refractivity (Wildman–Crippen MR) is 121 cm³/mol. The summed E-state index contributed by atoms with van der Waals surface area (Å²) in [5.41, 5.74) is 9.21. The lowest BCUT2D eigenvalue weighted by atomic mass is 10.1. The monoisotopic (exact) mass is 441 g/mol. The van der Waals surface area contributed by atoms with Crippen LogP contribution in [0.15, 0.2) is 36.4 Å². The van der Waals surface area contributed by atoms with Gasteiger partial charge < -0.3 is 20.1 Å². The quantitative estimate of drug-likeness (QED) is 0.719. The number of nitrogens with two attached hydrogens (primary N) is 1. The third kappa shape index (κ3) is 5.92. The van der Waals surface area contributed by atoms with Crippen LogP contribution < -0.4 is 15.2 Å². The smallest absolute Gasteiger partial charge is 0.254 e. The van der Waals surface area contributed by atoms with Gasteiger partial charge in [0.15, 0.2) is 0 Å². The lowest BCUT2D eigenvalue weighted by Gasteiger charge is -2.35. The largest absolute Gasteiger partial charge is 0.497 e. The van der Waals surface area contributed by atoms with Crippen molar-refractivity contribution in [2.24, 2.45) is 0 Å². The molecule has 3 rings (SSSR count). The van der Waals surface area contributed by atoms with E-state index in [2.05, 4.69) is 4.90 Å². The van der Waals surface area contributed by atoms with E-state index in [0.717, 1.165) is 42.3 Å². The number of anilines is 1. The Kier molecular flexibility index (Phi) is 9.56. The van der Waals surface area contributed by atoms with Gasteiger partial charge in [0.1, 0.15) is 11.5 Å². The zero-order chi connectivity index (χ0) is 19.4. The van der Waals surface area contributed by atoms with Crippen molar-refractivity contribution in [1.29, 1.82) is 0 Å². The Hall–Kier alpha value is -2.15. The minimum Gasteiger partial charge on any atom is -0.497 e. The summed E-state index contributed by atoms with van der Waals surface area (Å²) in [5, 5.41) is 0. The molecule has 1 aliphatic heterocycles. The summed E-state index contributed by atoms with van der Waals surface area (Å²) in [6.45, 7) is 5.72. The minimum atomic E-state index is 0. The van der Waals surface area contributed by atoms with Gasteiger partial charge in [-0.25, -0.2) is 0 Å². The number of carbonyl (C=O) groups excluding carboxylic acids is 1. The standard InChI is InChI=1S/C21H27N3O3.2ClH/c1-15-4-5-17(22)13-19(15)21(25)24-10-8-23(9-11-24)14-16-12-18(26-2)6-7-20(16)27-3;;/h4-7,12-13H,8-11,14,22H2,1-3H3;2*1H. The lowest BCUT2D eigenvalue weighted by Crippen LogP contribution is -2.48. The van der Waals surface area contributed by atoms with Crippen LogP contribution in [-0.4, -0.2) is 56.1 Å². The number of ether oxygens (including phenoxy) is 2. The molecule has 0 spiro atoms. The summed E-state index contributed by atoms with van der Waals surface area (Å²) in [6.07, 6.45) is 0. The first-order valence-electron chi connectivity index (χ1n) is 9.10. The van der Waals surface area contributed by atoms with Gasteiger partial charge in [-0.1, -0.05) is 6.07 Å². The average Bonchev–Trinajstić information content (AvgIpc) is 2.69. The van der Waals surface area contributed by atoms with Crippen LogP contribution in [0.5, 0.6) is 11.5 Å². The fourth-order valence-corrected chi connectivity index (χ4v) is 3.40. The molecule has 1 aliphatic rings. The highest BCUT2D eigenvalue weighted by atomic mass is 35.5. The second kappa shape index (κ2) is 11.1. The molecule has 0 radical (unpaired) electrons. The molecule has 0 aromatic heterocycles. The van der Waals surface area contributed by atoms with E-state index in [4.69, 9.17) is 15.2 Å². The molecule has 0 unspecified atom stereocenters. The van der Waals surface area contributed by atoms with Crippen molar-refractivity contribution in [3.63, 3.8) is 0 Å². The minimum absolute atomic E-state index is 0. The van der Waals surface area contributed by atoms with E-state index in [1.54, 1.807) is 20.3 Å². The number of amides is 1. The number of benzene rings is 2. The number of hydrogen-bond acceptors (Lipinski definition) is 5. The fourth-order valence-electron chi connectivity index (χ4n) is 3.40. The van der Waals surface area contributed by atoms with Crippen molar-refractivity contribution < 1.29 is 14.3 Å². The molecule has 29 heavy (non-hydrogen) atoms. The number of carbonyl (C=O) groups is 1. The molecule has 1 amide bonds. The summed E-state index contributed by atoms with van der Waals surface area (Å²) in [5.74, 6) is 1.72. The molecular formula is C21H29Cl2N3O3. The molecule has 0 bridgehead atoms. The van der Waals surface area contributed by atoms with Crippen molar-refractivity contribution >= 4 is 36.4 Å². The molecular weight excluding hydrogens is 413 g/mol. The molecule has 0 saturated carbocycles. The molecule has 160 valence electrons. The number of rotatable bonds is 5. The van der Waals surface area contributed by atoms with Crippen molar-refractivity contribution in [3.8, 4) is 11.5 Å². The van der Waals surface area contributed by atoms with Crippen molar-refractivity contribution in [1.82, 2.24) is 9.80 Å². The molecule has 6 nitrogen and oxygen atoms in total. The maximum Gasteiger partial charge on any atom is 0.254 e. The fraction of sp³-hybridized carbons (Fsp3) is 0.381. The maximum absolute atomic E-state index is 12.8. The Bertz CT molecular complexity index is 825. The lowest BCUT2D eigenvalue weighted by molar-refractivity contribution is 0.0626. The van der Waals surface area contributed by atoms with Crippen LogP contribution in [0.3, 0.4) is 0 Å². The van der Waals surface area contributed by atoms with Gasteiger partial charge in [-0.05, 0) is 42.8 Å². The molecule has 0 atom stereocenters. The Morgan fingerprint density at radius 2 is 1.69 bits per heavy atom. The number of nitrogen functional groups attached to an aromatic ring is 1. The van der Waals surface area contributed by atoms with Crippen LogP contribution in [0.2, 0.25) is 0 Å². The van der Waals surface area contributed by atoms with Gasteiger partial charge in [0.25, 0.3) is 5.91 Å². The van der Waals surface area contributed by atoms with Crippen LogP contribution in [0, 0.1) is 6.92 Å². The van der Waals surface area contributed by atoms with E-state index in [1.165, 1.54) is 0 Å². The summed E-state index contributed by atoms with van der Waals surface area (Å²) < 4.78 is 10.8. The van der Waals surface area contributed by atoms with E-state index in [9.17, 15) is 4.79 Å². The molecule has 1 fully saturated rings. The maximum atomic E-state index is 12.8. The summed E-state index contributed by atoms with van der Waals surface area (Å²) >= 11 is 0. The van der Waals surface area contributed by atoms with Gasteiger partial charge in [0, 0.05) is 49.5 Å². The van der Waals surface area contributed by atoms with Crippen LogP contribution in [-0.2, 0) is 6.54 Å². The van der Waals surface area contributed by atoms with Crippen molar-refractivity contribution in [2.45, 2.75) is 13.5 Å². The predicted octanol–water partition coefficient (Wildman–Crippen LogP) is 3.40. The highest BCUT2D eigenvalue weighted by Gasteiger charge is 2.24. The summed E-state index contributed by atoms with van der Waals surface area (Å²) in [7, 11) is 3.34. The van der Waals surface area contributed by atoms with Crippen molar-refractivity contribution in [3.05, 3.63) is 53.1 Å². The third-order valence-electron chi connectivity index (χ3n) is 5.03. The highest BCUT2D eigenvalue weighted by molar-refractivity contribution is 5.96. The normalized spacial score (nSPS) is 13.8. The number of piperazine rings is 1. The molecule has 1 heterocycles. The number of hydrogen-bond donors (Lipinski definition) is 1. The molecule has 2 aromatic rings. The van der Waals surface area contributed by atoms with Gasteiger partial charge in [-0.3, -0.25) is 9.69 Å². The second-order valence-electron chi connectivity index (χ2n) is 6.82. The molecule has 1 saturated heterocycles. The Balaban J connectivity index is 0.00000210. The number of aryl methyl sites for hydroxylation is 1. The Morgan fingerprint density at radius 1 is 1.00 bits per heavy atom. The van der Waals surface area contributed by atoms with Crippen LogP contribution >= 0.6 is 24.8 Å². The van der Waals surface area contributed by atoms with Gasteiger partial charge in [-0.15, -0.1) is 24.8 Å². The van der Waals surface area contributed by atoms with E-state index in [-0.39, 0.29) is 30.7 Å². The van der Waals surface area contributed by atoms with E-state index in [1.807, 2.05) is 42.2 Å². The summed E-state index contributed by atoms with van der Waals surface area (Å²) in [6, 6.07) is 11.3. The molecule has 2 aromatic carbocycles. The van der Waals surface area contributed by atoms with Gasteiger partial charge >= 0.3 is 0 Å². The van der Waals surface area contributed by atoms with E-state index >= 15 is 0 Å². The Morgan fingerprint density at radius 3 is 2.31 bits per heavy atom. The first-order valence-corrected chi connectivity index (χ1v) is 9.10. The SMILES string of the molecule is COc1ccc(OC)c(CN2CCN(C(=O)c3cc(N)ccc3C)CC2)c1.Cl.Cl. The van der Waals surface area contributed by atoms with E-state index < -0.39 is 0 Å². The number of nitrogens with zero attached hydrogens (tertiary/aromatic N) is 2. The second-order valence-corrected chi connectivity index (χ2v) is 6.82. The average molecular weight is 442 g/mol. The van der Waals surface area contributed by atoms with Crippen molar-refractivity contribution in [2.75, 3.05) is 46.1 Å². The third-order valence-corrected chi connectivity index (χ3v) is 5.03. The van der Waals surface area contributed by atoms with Crippen LogP contribution in [0.4, 0.5) is 5.69 Å². The Labute approximate surface area is 184 Å². The number of halogens is 2. The zero-order valence-electron chi connectivity index (χ0n) is 17.0. The topological polar surface area (TPSA) is 68.0 Å². The number of methoxy groups -OCH3 is 2. The van der Waals surface area contributed by atoms with Crippen LogP contribution in [0.1, 0.15) is 21.5 Å². The first kappa shape index (κ1) is 24.9. The van der Waals surface area contributed by atoms with Gasteiger partial charge in [0.2, 0.25) is 0 Å². The van der Waals surface area contributed by atoms with Gasteiger partial charge in [0.05, 0.1) is 14.2 Å². The summed E-state index contributed by atoms with van der Waals surface area (Å²) in [4.78, 5) is 17.1. The molecule has 2 N–H and O–H groups in total.